The summed E-state index contributed by atoms with van der Waals surface area (Å²) in [5.41, 5.74) is 2.43. The topological polar surface area (TPSA) is 44.9 Å². The van der Waals surface area contributed by atoms with E-state index in [9.17, 15) is 0 Å². The highest BCUT2D eigenvalue weighted by Crippen LogP contribution is 2.12. The molecule has 2 rings (SSSR count). The molecule has 1 fully saturated rings. The molecule has 0 aliphatic carbocycles. The molecule has 1 aromatic rings. The van der Waals surface area contributed by atoms with Crippen LogP contribution in [0.5, 0.6) is 0 Å². The lowest BCUT2D eigenvalue weighted by Crippen LogP contribution is -2.45. The highest BCUT2D eigenvalue weighted by atomic mass is 15.3. The van der Waals surface area contributed by atoms with E-state index in [1.54, 1.807) is 6.21 Å². The highest BCUT2D eigenvalue weighted by molar-refractivity contribution is 5.81. The van der Waals surface area contributed by atoms with Gasteiger partial charge in [0.25, 0.3) is 0 Å². The lowest BCUT2D eigenvalue weighted by Gasteiger charge is -2.34. The zero-order valence-corrected chi connectivity index (χ0v) is 11.0. The molecule has 18 heavy (non-hydrogen) atoms. The van der Waals surface area contributed by atoms with E-state index in [0.717, 1.165) is 31.7 Å². The van der Waals surface area contributed by atoms with Crippen molar-refractivity contribution in [2.75, 3.05) is 32.7 Å². The van der Waals surface area contributed by atoms with Gasteiger partial charge in [-0.3, -0.25) is 4.90 Å². The zero-order chi connectivity index (χ0) is 12.8. The van der Waals surface area contributed by atoms with Crippen molar-refractivity contribution >= 4 is 6.21 Å². The smallest absolute Gasteiger partial charge is 0.0541 e. The molecule has 1 saturated heterocycles. The summed E-state index contributed by atoms with van der Waals surface area (Å²) in [6.45, 7) is 8.99. The monoisotopic (exact) mass is 246 g/mol. The Balaban J connectivity index is 1.97. The minimum atomic E-state index is 0.986. The maximum Gasteiger partial charge on any atom is 0.0541 e. The number of nitrogens with zero attached hydrogens (tertiary/aromatic N) is 3. The second-order valence-corrected chi connectivity index (χ2v) is 4.69. The van der Waals surface area contributed by atoms with Crippen molar-refractivity contribution in [3.8, 4) is 0 Å². The first-order valence-corrected chi connectivity index (χ1v) is 6.59. The average Bonchev–Trinajstić information content (AvgIpc) is 2.42. The fraction of sp³-hybridized carbons (Fsp3) is 0.500. The third kappa shape index (κ3) is 3.31. The van der Waals surface area contributed by atoms with Crippen LogP contribution in [0.25, 0.3) is 0 Å². The van der Waals surface area contributed by atoms with Crippen LogP contribution >= 0.6 is 0 Å². The minimum Gasteiger partial charge on any atom is -0.323 e. The maximum absolute atomic E-state index is 5.25. The predicted octanol–water partition coefficient (Wildman–Crippen LogP) is 1.12. The van der Waals surface area contributed by atoms with Gasteiger partial charge in [0.05, 0.1) is 6.21 Å². The van der Waals surface area contributed by atoms with Crippen LogP contribution in [0.1, 0.15) is 18.1 Å². The molecule has 1 aliphatic rings. The predicted molar refractivity (Wildman–Crippen MR) is 75.6 cm³/mol. The van der Waals surface area contributed by atoms with Gasteiger partial charge in [-0.15, -0.1) is 0 Å². The molecule has 0 aromatic heterocycles. The number of piperazine rings is 1. The standard InChI is InChI=1S/C14H22N4/c1-2-17-7-9-18(10-8-17)12-14-6-4-3-5-13(14)11-16-15/h3-6,11H,2,7-10,12,15H2,1H3. The fourth-order valence-corrected chi connectivity index (χ4v) is 2.39. The van der Waals surface area contributed by atoms with E-state index in [0.29, 0.717) is 0 Å². The van der Waals surface area contributed by atoms with Crippen LogP contribution in [-0.4, -0.2) is 48.7 Å². The van der Waals surface area contributed by atoms with E-state index < -0.39 is 0 Å². The lowest BCUT2D eigenvalue weighted by molar-refractivity contribution is 0.132. The van der Waals surface area contributed by atoms with Gasteiger partial charge in [-0.25, -0.2) is 0 Å². The molecule has 0 saturated carbocycles. The van der Waals surface area contributed by atoms with Crippen LogP contribution in [0.4, 0.5) is 0 Å². The van der Waals surface area contributed by atoms with Crippen molar-refractivity contribution < 1.29 is 0 Å². The van der Waals surface area contributed by atoms with Crippen molar-refractivity contribution in [3.63, 3.8) is 0 Å². The average molecular weight is 246 g/mol. The quantitative estimate of drug-likeness (QED) is 0.492. The molecule has 0 radical (unpaired) electrons. The number of hydrogen-bond acceptors (Lipinski definition) is 4. The van der Waals surface area contributed by atoms with Gasteiger partial charge in [-0.05, 0) is 17.7 Å². The molecule has 1 aromatic carbocycles. The van der Waals surface area contributed by atoms with Crippen LogP contribution in [0.15, 0.2) is 29.4 Å². The first-order valence-electron chi connectivity index (χ1n) is 6.59. The molecule has 98 valence electrons. The van der Waals surface area contributed by atoms with Gasteiger partial charge in [0.15, 0.2) is 0 Å². The molecule has 0 unspecified atom stereocenters. The Kier molecular flexibility index (Phi) is 4.73. The largest absolute Gasteiger partial charge is 0.323 e. The number of hydrazone groups is 1. The van der Waals surface area contributed by atoms with E-state index in [1.165, 1.54) is 18.7 Å². The van der Waals surface area contributed by atoms with E-state index in [4.69, 9.17) is 5.84 Å². The van der Waals surface area contributed by atoms with Gasteiger partial charge in [-0.2, -0.15) is 5.10 Å². The SMILES string of the molecule is CCN1CCN(Cc2ccccc2C=NN)CC1. The summed E-state index contributed by atoms with van der Waals surface area (Å²) in [7, 11) is 0. The van der Waals surface area contributed by atoms with Crippen LogP contribution in [-0.2, 0) is 6.54 Å². The summed E-state index contributed by atoms with van der Waals surface area (Å²) < 4.78 is 0. The van der Waals surface area contributed by atoms with Gasteiger partial charge in [-0.1, -0.05) is 31.2 Å². The first kappa shape index (κ1) is 13.1. The highest BCUT2D eigenvalue weighted by Gasteiger charge is 2.16. The van der Waals surface area contributed by atoms with Gasteiger partial charge in [0, 0.05) is 32.7 Å². The van der Waals surface area contributed by atoms with Crippen molar-refractivity contribution in [2.24, 2.45) is 10.9 Å². The van der Waals surface area contributed by atoms with Gasteiger partial charge in [0.2, 0.25) is 0 Å². The molecule has 1 aliphatic heterocycles. The Morgan fingerprint density at radius 1 is 1.17 bits per heavy atom. The molecule has 0 bridgehead atoms. The lowest BCUT2D eigenvalue weighted by atomic mass is 10.1. The molecule has 1 heterocycles. The van der Waals surface area contributed by atoms with E-state index in [-0.39, 0.29) is 0 Å². The van der Waals surface area contributed by atoms with Crippen LogP contribution < -0.4 is 5.84 Å². The van der Waals surface area contributed by atoms with Crippen molar-refractivity contribution in [2.45, 2.75) is 13.5 Å². The zero-order valence-electron chi connectivity index (χ0n) is 11.0. The Labute approximate surface area is 109 Å². The van der Waals surface area contributed by atoms with Gasteiger partial charge < -0.3 is 10.7 Å². The summed E-state index contributed by atoms with van der Waals surface area (Å²) in [5, 5.41) is 3.63. The fourth-order valence-electron chi connectivity index (χ4n) is 2.39. The third-order valence-electron chi connectivity index (χ3n) is 3.57. The van der Waals surface area contributed by atoms with Crippen LogP contribution in [0.2, 0.25) is 0 Å². The number of benzene rings is 1. The second kappa shape index (κ2) is 6.52. The number of hydrogen-bond donors (Lipinski definition) is 1. The molecular weight excluding hydrogens is 224 g/mol. The Hall–Kier alpha value is -1.39. The van der Waals surface area contributed by atoms with Crippen LogP contribution in [0, 0.1) is 0 Å². The van der Waals surface area contributed by atoms with Crippen LogP contribution in [0.3, 0.4) is 0 Å². The third-order valence-corrected chi connectivity index (χ3v) is 3.57. The summed E-state index contributed by atoms with van der Waals surface area (Å²) in [6, 6.07) is 8.32. The molecule has 2 N–H and O–H groups in total. The van der Waals surface area contributed by atoms with E-state index in [2.05, 4.69) is 40.0 Å². The van der Waals surface area contributed by atoms with E-state index in [1.807, 2.05) is 6.07 Å². The Morgan fingerprint density at radius 2 is 1.83 bits per heavy atom. The molecule has 4 nitrogen and oxygen atoms in total. The number of nitrogens with two attached hydrogens (primary N) is 1. The summed E-state index contributed by atoms with van der Waals surface area (Å²) in [6.07, 6.45) is 1.73. The molecule has 0 amide bonds. The molecule has 0 spiro atoms. The first-order chi connectivity index (χ1) is 8.83. The van der Waals surface area contributed by atoms with Crippen molar-refractivity contribution in [3.05, 3.63) is 35.4 Å². The summed E-state index contributed by atoms with van der Waals surface area (Å²) >= 11 is 0. The van der Waals surface area contributed by atoms with Gasteiger partial charge >= 0.3 is 0 Å². The Morgan fingerprint density at radius 3 is 2.50 bits per heavy atom. The van der Waals surface area contributed by atoms with E-state index >= 15 is 0 Å². The van der Waals surface area contributed by atoms with Gasteiger partial charge in [0.1, 0.15) is 0 Å². The normalized spacial score (nSPS) is 18.5. The molecule has 0 atom stereocenters. The molecular formula is C14H22N4. The maximum atomic E-state index is 5.25. The Bertz CT molecular complexity index is 395. The summed E-state index contributed by atoms with van der Waals surface area (Å²) in [4.78, 5) is 4.99. The summed E-state index contributed by atoms with van der Waals surface area (Å²) in [5.74, 6) is 5.25. The number of rotatable bonds is 4. The van der Waals surface area contributed by atoms with Crippen molar-refractivity contribution in [1.82, 2.24) is 9.80 Å². The second-order valence-electron chi connectivity index (χ2n) is 4.69. The molecule has 4 heteroatoms. The van der Waals surface area contributed by atoms with Crippen molar-refractivity contribution in [1.29, 1.82) is 0 Å². The number of likely N-dealkylation sites (N-methyl/N-ethyl adjacent to an activating group) is 1. The minimum absolute atomic E-state index is 0.986.